The van der Waals surface area contributed by atoms with Crippen molar-refractivity contribution in [1.29, 1.82) is 0 Å². The lowest BCUT2D eigenvalue weighted by Crippen LogP contribution is -2.18. The zero-order valence-corrected chi connectivity index (χ0v) is 20.9. The van der Waals surface area contributed by atoms with Gasteiger partial charge in [-0.1, -0.05) is 17.7 Å². The van der Waals surface area contributed by atoms with Crippen molar-refractivity contribution >= 4 is 41.3 Å². The Labute approximate surface area is 223 Å². The summed E-state index contributed by atoms with van der Waals surface area (Å²) < 4.78 is 16.2. The summed E-state index contributed by atoms with van der Waals surface area (Å²) in [6.45, 7) is 2.15. The Hall–Kier alpha value is -4.89. The van der Waals surface area contributed by atoms with E-state index in [0.717, 1.165) is 0 Å². The molecule has 0 aliphatic heterocycles. The van der Waals surface area contributed by atoms with Crippen LogP contribution in [-0.2, 0) is 0 Å². The Bertz CT molecular complexity index is 1470. The van der Waals surface area contributed by atoms with E-state index in [1.54, 1.807) is 73.7 Å². The average Bonchev–Trinajstić information content (AvgIpc) is 3.46. The quantitative estimate of drug-likeness (QED) is 0.126. The van der Waals surface area contributed by atoms with Gasteiger partial charge in [-0.2, -0.15) is 5.10 Å². The van der Waals surface area contributed by atoms with E-state index < -0.39 is 17.8 Å². The molecule has 0 saturated heterocycles. The topological polar surface area (TPSA) is 119 Å². The Morgan fingerprint density at radius 2 is 1.74 bits per heavy atom. The van der Waals surface area contributed by atoms with Crippen molar-refractivity contribution in [3.63, 3.8) is 0 Å². The number of benzene rings is 3. The summed E-state index contributed by atoms with van der Waals surface area (Å²) in [7, 11) is 0. The Morgan fingerprint density at radius 1 is 0.921 bits per heavy atom. The molecule has 4 rings (SSSR count). The fourth-order valence-corrected chi connectivity index (χ4v) is 3.40. The fraction of sp³-hybridized carbons (Fsp3) is 0.0714. The summed E-state index contributed by atoms with van der Waals surface area (Å²) in [6.07, 6.45) is 2.82. The number of esters is 1. The molecular formula is C28H22ClN3O6. The molecule has 3 aromatic carbocycles. The molecular weight excluding hydrogens is 510 g/mol. The van der Waals surface area contributed by atoms with Crippen LogP contribution in [-0.4, -0.2) is 30.6 Å². The molecule has 1 aromatic heterocycles. The number of furan rings is 1. The van der Waals surface area contributed by atoms with Crippen LogP contribution in [0.2, 0.25) is 5.02 Å². The van der Waals surface area contributed by atoms with Gasteiger partial charge in [0.05, 0.1) is 24.6 Å². The number of amides is 2. The molecule has 0 aliphatic rings. The maximum Gasteiger partial charge on any atom is 0.343 e. The SMILES string of the molecule is CCOc1cc(C=NNC(=O)c2cccc(NC(=O)c3ccco3)c2)ccc1OC(=O)c1ccc(Cl)cc1. The molecule has 0 aliphatic carbocycles. The second-order valence-corrected chi connectivity index (χ2v) is 8.18. The molecule has 38 heavy (non-hydrogen) atoms. The van der Waals surface area contributed by atoms with E-state index in [0.29, 0.717) is 39.8 Å². The predicted molar refractivity (Wildman–Crippen MR) is 142 cm³/mol. The third-order valence-corrected chi connectivity index (χ3v) is 5.31. The number of carbonyl (C=O) groups excluding carboxylic acids is 3. The molecule has 0 fully saturated rings. The highest BCUT2D eigenvalue weighted by molar-refractivity contribution is 6.30. The first-order valence-electron chi connectivity index (χ1n) is 11.5. The van der Waals surface area contributed by atoms with E-state index in [2.05, 4.69) is 15.8 Å². The van der Waals surface area contributed by atoms with Crippen LogP contribution < -0.4 is 20.2 Å². The lowest BCUT2D eigenvalue weighted by Gasteiger charge is -2.11. The van der Waals surface area contributed by atoms with Crippen molar-refractivity contribution in [2.45, 2.75) is 6.92 Å². The smallest absolute Gasteiger partial charge is 0.343 e. The van der Waals surface area contributed by atoms with Crippen molar-refractivity contribution in [3.8, 4) is 11.5 Å². The van der Waals surface area contributed by atoms with Crippen LogP contribution in [0.25, 0.3) is 0 Å². The van der Waals surface area contributed by atoms with E-state index in [1.165, 1.54) is 24.6 Å². The van der Waals surface area contributed by atoms with E-state index >= 15 is 0 Å². The second kappa shape index (κ2) is 12.4. The van der Waals surface area contributed by atoms with E-state index in [1.807, 2.05) is 0 Å². The van der Waals surface area contributed by atoms with Gasteiger partial charge in [0.25, 0.3) is 11.8 Å². The molecule has 2 N–H and O–H groups in total. The van der Waals surface area contributed by atoms with Gasteiger partial charge in [0, 0.05) is 16.3 Å². The minimum Gasteiger partial charge on any atom is -0.490 e. The summed E-state index contributed by atoms with van der Waals surface area (Å²) >= 11 is 5.87. The van der Waals surface area contributed by atoms with Gasteiger partial charge in [-0.3, -0.25) is 9.59 Å². The molecule has 2 amide bonds. The molecule has 0 unspecified atom stereocenters. The number of nitrogens with zero attached hydrogens (tertiary/aromatic N) is 1. The number of hydrazone groups is 1. The molecule has 0 spiro atoms. The highest BCUT2D eigenvalue weighted by Gasteiger charge is 2.14. The van der Waals surface area contributed by atoms with Gasteiger partial charge in [-0.15, -0.1) is 0 Å². The number of hydrogen-bond donors (Lipinski definition) is 2. The lowest BCUT2D eigenvalue weighted by atomic mass is 10.2. The average molecular weight is 532 g/mol. The van der Waals surface area contributed by atoms with Crippen molar-refractivity contribution < 1.29 is 28.3 Å². The van der Waals surface area contributed by atoms with Gasteiger partial charge in [0.1, 0.15) is 0 Å². The van der Waals surface area contributed by atoms with Crippen LogP contribution in [0.5, 0.6) is 11.5 Å². The van der Waals surface area contributed by atoms with Crippen molar-refractivity contribution in [1.82, 2.24) is 5.43 Å². The molecule has 0 bridgehead atoms. The highest BCUT2D eigenvalue weighted by atomic mass is 35.5. The van der Waals surface area contributed by atoms with Crippen LogP contribution in [0.3, 0.4) is 0 Å². The van der Waals surface area contributed by atoms with Crippen LogP contribution >= 0.6 is 11.6 Å². The molecule has 0 atom stereocenters. The van der Waals surface area contributed by atoms with Crippen molar-refractivity contribution in [2.24, 2.45) is 5.10 Å². The number of ether oxygens (including phenoxy) is 2. The number of halogens is 1. The van der Waals surface area contributed by atoms with E-state index in [-0.39, 0.29) is 11.5 Å². The Morgan fingerprint density at radius 3 is 2.47 bits per heavy atom. The monoisotopic (exact) mass is 531 g/mol. The number of carbonyl (C=O) groups is 3. The van der Waals surface area contributed by atoms with Crippen LogP contribution in [0.1, 0.15) is 43.8 Å². The molecule has 0 radical (unpaired) electrons. The largest absolute Gasteiger partial charge is 0.490 e. The third kappa shape index (κ3) is 6.86. The maximum absolute atomic E-state index is 12.6. The highest BCUT2D eigenvalue weighted by Crippen LogP contribution is 2.29. The van der Waals surface area contributed by atoms with Crippen LogP contribution in [0.4, 0.5) is 5.69 Å². The molecule has 192 valence electrons. The summed E-state index contributed by atoms with van der Waals surface area (Å²) in [5.41, 5.74) is 4.10. The van der Waals surface area contributed by atoms with Gasteiger partial charge in [-0.05, 0) is 85.3 Å². The lowest BCUT2D eigenvalue weighted by molar-refractivity contribution is 0.0728. The van der Waals surface area contributed by atoms with Crippen LogP contribution in [0, 0.1) is 0 Å². The number of anilines is 1. The first-order valence-corrected chi connectivity index (χ1v) is 11.8. The van der Waals surface area contributed by atoms with Crippen molar-refractivity contribution in [3.05, 3.63) is 113 Å². The summed E-state index contributed by atoms with van der Waals surface area (Å²) in [6, 6.07) is 20.7. The minimum absolute atomic E-state index is 0.154. The zero-order valence-electron chi connectivity index (χ0n) is 20.1. The number of hydrogen-bond acceptors (Lipinski definition) is 7. The van der Waals surface area contributed by atoms with E-state index in [9.17, 15) is 14.4 Å². The summed E-state index contributed by atoms with van der Waals surface area (Å²) in [5.74, 6) is -0.737. The molecule has 4 aromatic rings. The van der Waals surface area contributed by atoms with Gasteiger partial charge >= 0.3 is 5.97 Å². The molecule has 9 nitrogen and oxygen atoms in total. The standard InChI is InChI=1S/C28H22ClN3O6/c1-2-36-25-15-18(8-13-23(25)38-28(35)19-9-11-21(29)12-10-19)17-30-32-26(33)20-5-3-6-22(16-20)31-27(34)24-7-4-14-37-24/h3-17H,2H2,1H3,(H,31,34)(H,32,33). The molecule has 0 saturated carbocycles. The second-order valence-electron chi connectivity index (χ2n) is 7.75. The van der Waals surface area contributed by atoms with Gasteiger partial charge in [-0.25, -0.2) is 10.2 Å². The van der Waals surface area contributed by atoms with E-state index in [4.69, 9.17) is 25.5 Å². The van der Waals surface area contributed by atoms with Crippen molar-refractivity contribution in [2.75, 3.05) is 11.9 Å². The predicted octanol–water partition coefficient (Wildman–Crippen LogP) is 5.57. The fourth-order valence-electron chi connectivity index (χ4n) is 3.27. The third-order valence-electron chi connectivity index (χ3n) is 5.06. The maximum atomic E-state index is 12.6. The van der Waals surface area contributed by atoms with Crippen LogP contribution in [0.15, 0.2) is 94.6 Å². The number of nitrogens with one attached hydrogen (secondary N) is 2. The summed E-state index contributed by atoms with van der Waals surface area (Å²) in [5, 5.41) is 7.17. The zero-order chi connectivity index (χ0) is 26.9. The normalized spacial score (nSPS) is 10.7. The first kappa shape index (κ1) is 26.2. The van der Waals surface area contributed by atoms with Gasteiger partial charge in [0.2, 0.25) is 0 Å². The number of rotatable bonds is 9. The first-order chi connectivity index (χ1) is 18.4. The van der Waals surface area contributed by atoms with Gasteiger partial charge in [0.15, 0.2) is 17.3 Å². The summed E-state index contributed by atoms with van der Waals surface area (Å²) in [4.78, 5) is 37.2. The molecule has 1 heterocycles. The minimum atomic E-state index is -0.557. The Kier molecular flexibility index (Phi) is 8.53. The van der Waals surface area contributed by atoms with Gasteiger partial charge < -0.3 is 19.2 Å². The Balaban J connectivity index is 1.39. The molecule has 10 heteroatoms.